The summed E-state index contributed by atoms with van der Waals surface area (Å²) < 4.78 is 35.4. The first-order valence-electron chi connectivity index (χ1n) is 8.88. The number of carbonyl (C=O) groups excluding carboxylic acids is 1. The van der Waals surface area contributed by atoms with Crippen molar-refractivity contribution in [1.29, 1.82) is 0 Å². The summed E-state index contributed by atoms with van der Waals surface area (Å²) in [7, 11) is 1.36. The van der Waals surface area contributed by atoms with Gasteiger partial charge >= 0.3 is 6.61 Å². The number of ether oxygens (including phenoxy) is 2. The number of hydrogen-bond donors (Lipinski definition) is 1. The Kier molecular flexibility index (Phi) is 6.79. The fourth-order valence-corrected chi connectivity index (χ4v) is 2.67. The molecular formula is C20H19F2N3O5. The number of alkyl halides is 2. The van der Waals surface area contributed by atoms with Crippen molar-refractivity contribution in [3.05, 3.63) is 59.2 Å². The number of oxime groups is 2. The van der Waals surface area contributed by atoms with Crippen molar-refractivity contribution in [3.63, 3.8) is 0 Å². The molecule has 1 N–H and O–H groups in total. The summed E-state index contributed by atoms with van der Waals surface area (Å²) in [4.78, 5) is 21.5. The van der Waals surface area contributed by atoms with E-state index in [4.69, 9.17) is 14.3 Å². The van der Waals surface area contributed by atoms with Crippen molar-refractivity contribution < 1.29 is 32.7 Å². The third-order valence-electron chi connectivity index (χ3n) is 4.15. The minimum absolute atomic E-state index is 0.0250. The Morgan fingerprint density at radius 3 is 2.70 bits per heavy atom. The lowest BCUT2D eigenvalue weighted by Gasteiger charge is -2.11. The van der Waals surface area contributed by atoms with E-state index < -0.39 is 12.5 Å². The van der Waals surface area contributed by atoms with Gasteiger partial charge in [0.05, 0.1) is 5.71 Å². The van der Waals surface area contributed by atoms with Crippen molar-refractivity contribution in [2.75, 3.05) is 13.8 Å². The Morgan fingerprint density at radius 2 is 1.93 bits per heavy atom. The summed E-state index contributed by atoms with van der Waals surface area (Å²) in [5.41, 5.74) is 1.87. The Hall–Kier alpha value is -3.69. The van der Waals surface area contributed by atoms with Crippen LogP contribution in [-0.2, 0) is 21.1 Å². The molecule has 1 amide bonds. The molecule has 0 saturated carbocycles. The van der Waals surface area contributed by atoms with Crippen LogP contribution in [0.15, 0.2) is 52.8 Å². The molecule has 0 aliphatic carbocycles. The van der Waals surface area contributed by atoms with Gasteiger partial charge in [0.25, 0.3) is 5.91 Å². The average Bonchev–Trinajstić information content (AvgIpc) is 3.22. The standard InChI is InChI=1S/C20H19F2N3O5/c1-12(13-7-8-16-17(9-13)28-11-27-16)24-29-10-14-5-3-4-6-15(14)18(19(26)23-2)25-30-20(21)22/h3-9,20H,10-11H2,1-2H3,(H,23,26)/b24-12?,25-18+. The van der Waals surface area contributed by atoms with E-state index in [0.29, 0.717) is 22.8 Å². The van der Waals surface area contributed by atoms with Gasteiger partial charge in [-0.1, -0.05) is 34.6 Å². The molecule has 0 fully saturated rings. The molecule has 1 aliphatic rings. The van der Waals surface area contributed by atoms with Crippen LogP contribution in [0.1, 0.15) is 23.6 Å². The zero-order valence-corrected chi connectivity index (χ0v) is 16.2. The fourth-order valence-electron chi connectivity index (χ4n) is 2.67. The molecule has 0 radical (unpaired) electrons. The topological polar surface area (TPSA) is 90.7 Å². The van der Waals surface area contributed by atoms with Crippen LogP contribution in [0.3, 0.4) is 0 Å². The van der Waals surface area contributed by atoms with E-state index in [2.05, 4.69) is 20.5 Å². The minimum Gasteiger partial charge on any atom is -0.454 e. The highest BCUT2D eigenvalue weighted by atomic mass is 19.3. The fraction of sp³-hybridized carbons (Fsp3) is 0.250. The molecule has 1 heterocycles. The van der Waals surface area contributed by atoms with E-state index in [0.717, 1.165) is 5.56 Å². The zero-order valence-electron chi connectivity index (χ0n) is 16.2. The summed E-state index contributed by atoms with van der Waals surface area (Å²) >= 11 is 0. The van der Waals surface area contributed by atoms with E-state index in [9.17, 15) is 13.6 Å². The van der Waals surface area contributed by atoms with Crippen LogP contribution in [0.5, 0.6) is 11.5 Å². The zero-order chi connectivity index (χ0) is 21.5. The van der Waals surface area contributed by atoms with Gasteiger partial charge in [0.1, 0.15) is 6.61 Å². The van der Waals surface area contributed by atoms with Crippen molar-refractivity contribution in [1.82, 2.24) is 5.32 Å². The number of likely N-dealkylation sites (N-methyl/N-ethyl adjacent to an activating group) is 1. The third kappa shape index (κ3) is 5.02. The number of carbonyl (C=O) groups is 1. The van der Waals surface area contributed by atoms with Crippen LogP contribution in [0.4, 0.5) is 8.78 Å². The quantitative estimate of drug-likeness (QED) is 0.525. The maximum absolute atomic E-state index is 12.4. The Morgan fingerprint density at radius 1 is 1.17 bits per heavy atom. The number of amides is 1. The molecule has 30 heavy (non-hydrogen) atoms. The van der Waals surface area contributed by atoms with Crippen LogP contribution < -0.4 is 14.8 Å². The second-order valence-corrected chi connectivity index (χ2v) is 6.06. The van der Waals surface area contributed by atoms with Crippen molar-refractivity contribution in [3.8, 4) is 11.5 Å². The van der Waals surface area contributed by atoms with E-state index in [1.165, 1.54) is 7.05 Å². The normalized spacial score (nSPS) is 13.4. The first-order valence-corrected chi connectivity index (χ1v) is 8.88. The molecule has 0 atom stereocenters. The van der Waals surface area contributed by atoms with E-state index in [-0.39, 0.29) is 24.7 Å². The Balaban J connectivity index is 1.76. The summed E-state index contributed by atoms with van der Waals surface area (Å²) in [6.45, 7) is -1.24. The number of rotatable bonds is 8. The molecule has 10 heteroatoms. The van der Waals surface area contributed by atoms with Crippen LogP contribution in [0.2, 0.25) is 0 Å². The number of halogens is 2. The van der Waals surface area contributed by atoms with E-state index >= 15 is 0 Å². The molecule has 1 aliphatic heterocycles. The van der Waals surface area contributed by atoms with Crippen LogP contribution in [-0.4, -0.2) is 37.8 Å². The highest BCUT2D eigenvalue weighted by Gasteiger charge is 2.19. The molecule has 8 nitrogen and oxygen atoms in total. The summed E-state index contributed by atoms with van der Waals surface area (Å²) in [5, 5.41) is 9.72. The van der Waals surface area contributed by atoms with Gasteiger partial charge in [-0.05, 0) is 25.1 Å². The van der Waals surface area contributed by atoms with Gasteiger partial charge < -0.3 is 24.5 Å². The monoisotopic (exact) mass is 419 g/mol. The van der Waals surface area contributed by atoms with Crippen LogP contribution in [0, 0.1) is 0 Å². The smallest absolute Gasteiger partial charge is 0.407 e. The number of nitrogens with one attached hydrogen (secondary N) is 1. The number of hydrogen-bond acceptors (Lipinski definition) is 7. The van der Waals surface area contributed by atoms with Gasteiger partial charge in [0, 0.05) is 23.7 Å². The lowest BCUT2D eigenvalue weighted by atomic mass is 10.0. The van der Waals surface area contributed by atoms with Gasteiger partial charge in [-0.3, -0.25) is 4.79 Å². The largest absolute Gasteiger partial charge is 0.454 e. The summed E-state index contributed by atoms with van der Waals surface area (Å²) in [6.07, 6.45) is 0. The average molecular weight is 419 g/mol. The van der Waals surface area contributed by atoms with Crippen molar-refractivity contribution in [2.45, 2.75) is 20.1 Å². The van der Waals surface area contributed by atoms with Gasteiger partial charge in [0.15, 0.2) is 17.2 Å². The van der Waals surface area contributed by atoms with Crippen LogP contribution >= 0.6 is 0 Å². The highest BCUT2D eigenvalue weighted by Crippen LogP contribution is 2.32. The second kappa shape index (κ2) is 9.68. The maximum Gasteiger partial charge on any atom is 0.407 e. The van der Waals surface area contributed by atoms with Gasteiger partial charge in [-0.2, -0.15) is 8.78 Å². The molecule has 0 unspecified atom stereocenters. The number of nitrogens with zero attached hydrogens (tertiary/aromatic N) is 2. The lowest BCUT2D eigenvalue weighted by Crippen LogP contribution is -2.29. The molecule has 0 aromatic heterocycles. The molecule has 0 saturated heterocycles. The number of fused-ring (bicyclic) bond motifs is 1. The van der Waals surface area contributed by atoms with Gasteiger partial charge in [-0.15, -0.1) is 0 Å². The second-order valence-electron chi connectivity index (χ2n) is 6.06. The minimum atomic E-state index is -3.15. The molecule has 2 aromatic rings. The van der Waals surface area contributed by atoms with Gasteiger partial charge in [-0.25, -0.2) is 0 Å². The summed E-state index contributed by atoms with van der Waals surface area (Å²) in [6, 6.07) is 12.0. The van der Waals surface area contributed by atoms with E-state index in [1.54, 1.807) is 43.3 Å². The molecule has 0 bridgehead atoms. The van der Waals surface area contributed by atoms with Crippen LogP contribution in [0.25, 0.3) is 0 Å². The van der Waals surface area contributed by atoms with Crippen molar-refractivity contribution >= 4 is 17.3 Å². The predicted octanol–water partition coefficient (Wildman–Crippen LogP) is 3.05. The summed E-state index contributed by atoms with van der Waals surface area (Å²) in [5.74, 6) is 0.606. The Bertz CT molecular complexity index is 979. The SMILES string of the molecule is CNC(=O)/C(=N/OC(F)F)c1ccccc1CON=C(C)c1ccc2c(c1)OCO2. The van der Waals surface area contributed by atoms with Crippen molar-refractivity contribution in [2.24, 2.45) is 10.3 Å². The molecule has 3 rings (SSSR count). The molecule has 158 valence electrons. The first kappa shape index (κ1) is 21.0. The molecular weight excluding hydrogens is 400 g/mol. The van der Waals surface area contributed by atoms with E-state index in [1.807, 2.05) is 6.07 Å². The molecule has 0 spiro atoms. The number of benzene rings is 2. The molecule has 2 aromatic carbocycles. The Labute approximate surface area is 171 Å². The highest BCUT2D eigenvalue weighted by molar-refractivity contribution is 6.45. The van der Waals surface area contributed by atoms with Gasteiger partial charge in [0.2, 0.25) is 6.79 Å². The third-order valence-corrected chi connectivity index (χ3v) is 4.15. The predicted molar refractivity (Wildman–Crippen MR) is 104 cm³/mol. The lowest BCUT2D eigenvalue weighted by molar-refractivity contribution is -0.129. The maximum atomic E-state index is 12.4. The first-order chi connectivity index (χ1) is 14.5.